The fourth-order valence-electron chi connectivity index (χ4n) is 2.37. The third-order valence-electron chi connectivity index (χ3n) is 3.58. The summed E-state index contributed by atoms with van der Waals surface area (Å²) in [7, 11) is -3.14. The van der Waals surface area contributed by atoms with Crippen LogP contribution in [0.4, 0.5) is 5.69 Å². The molecule has 0 aliphatic rings. The highest BCUT2D eigenvalue weighted by Gasteiger charge is 2.09. The van der Waals surface area contributed by atoms with Crippen molar-refractivity contribution in [1.29, 1.82) is 0 Å². The maximum Gasteiger partial charge on any atom is 0.225 e. The Balaban J connectivity index is 1.73. The molecule has 2 aromatic carbocycles. The molecule has 3 rings (SSSR count). The lowest BCUT2D eigenvalue weighted by Gasteiger charge is -2.08. The first-order chi connectivity index (χ1) is 11.4. The van der Waals surface area contributed by atoms with E-state index in [2.05, 4.69) is 10.3 Å². The standard InChI is InChI=1S/C17H17N3O3S/c1-24(22,23)11-10-17(21)19-13-6-8-14(9-7-13)20-12-18-15-4-2-3-5-16(15)20/h2-9,12H,10-11H2,1H3,(H,19,21). The summed E-state index contributed by atoms with van der Waals surface area (Å²) >= 11 is 0. The first-order valence-electron chi connectivity index (χ1n) is 7.42. The Morgan fingerprint density at radius 1 is 1.12 bits per heavy atom. The van der Waals surface area contributed by atoms with Gasteiger partial charge in [0.05, 0.1) is 16.8 Å². The van der Waals surface area contributed by atoms with Gasteiger partial charge < -0.3 is 5.32 Å². The van der Waals surface area contributed by atoms with Gasteiger partial charge in [-0.15, -0.1) is 0 Å². The Kier molecular flexibility index (Phi) is 4.35. The molecule has 0 bridgehead atoms. The number of nitrogens with one attached hydrogen (secondary N) is 1. The Morgan fingerprint density at radius 3 is 2.54 bits per heavy atom. The molecule has 0 fully saturated rings. The molecule has 6 nitrogen and oxygen atoms in total. The van der Waals surface area contributed by atoms with Crippen LogP contribution in [-0.2, 0) is 14.6 Å². The molecule has 0 aliphatic heterocycles. The van der Waals surface area contributed by atoms with Crippen LogP contribution in [0.1, 0.15) is 6.42 Å². The van der Waals surface area contributed by atoms with Gasteiger partial charge in [0.25, 0.3) is 0 Å². The average Bonchev–Trinajstić information content (AvgIpc) is 2.97. The topological polar surface area (TPSA) is 81.1 Å². The van der Waals surface area contributed by atoms with E-state index in [-0.39, 0.29) is 18.1 Å². The largest absolute Gasteiger partial charge is 0.326 e. The summed E-state index contributed by atoms with van der Waals surface area (Å²) in [5.74, 6) is -0.473. The second kappa shape index (κ2) is 6.45. The molecule has 3 aromatic rings. The molecule has 7 heteroatoms. The first kappa shape index (κ1) is 16.2. The lowest BCUT2D eigenvalue weighted by atomic mass is 10.2. The van der Waals surface area contributed by atoms with Gasteiger partial charge >= 0.3 is 0 Å². The Labute approximate surface area is 140 Å². The maximum absolute atomic E-state index is 11.8. The van der Waals surface area contributed by atoms with E-state index in [1.807, 2.05) is 41.0 Å². The summed E-state index contributed by atoms with van der Waals surface area (Å²) < 4.78 is 24.1. The highest BCUT2D eigenvalue weighted by molar-refractivity contribution is 7.90. The van der Waals surface area contributed by atoms with Gasteiger partial charge in [-0.1, -0.05) is 12.1 Å². The van der Waals surface area contributed by atoms with Crippen LogP contribution >= 0.6 is 0 Å². The van der Waals surface area contributed by atoms with E-state index in [0.717, 1.165) is 23.0 Å². The summed E-state index contributed by atoms with van der Waals surface area (Å²) in [5, 5.41) is 2.70. The van der Waals surface area contributed by atoms with Crippen molar-refractivity contribution in [2.75, 3.05) is 17.3 Å². The van der Waals surface area contributed by atoms with Crippen LogP contribution in [0.2, 0.25) is 0 Å². The van der Waals surface area contributed by atoms with Crippen molar-refractivity contribution in [2.24, 2.45) is 0 Å². The molecule has 1 amide bonds. The van der Waals surface area contributed by atoms with Crippen LogP contribution in [0.25, 0.3) is 16.7 Å². The van der Waals surface area contributed by atoms with Crippen LogP contribution in [-0.4, -0.2) is 35.9 Å². The van der Waals surface area contributed by atoms with Crippen molar-refractivity contribution < 1.29 is 13.2 Å². The zero-order valence-corrected chi connectivity index (χ0v) is 14.0. The van der Waals surface area contributed by atoms with Gasteiger partial charge in [-0.2, -0.15) is 0 Å². The van der Waals surface area contributed by atoms with Crippen LogP contribution in [0.5, 0.6) is 0 Å². The summed E-state index contributed by atoms with van der Waals surface area (Å²) in [4.78, 5) is 16.1. The van der Waals surface area contributed by atoms with Gasteiger partial charge in [0.15, 0.2) is 0 Å². The number of anilines is 1. The van der Waals surface area contributed by atoms with E-state index in [4.69, 9.17) is 0 Å². The van der Waals surface area contributed by atoms with Crippen LogP contribution in [0.15, 0.2) is 54.9 Å². The lowest BCUT2D eigenvalue weighted by Crippen LogP contribution is -2.16. The number of hydrogen-bond donors (Lipinski definition) is 1. The minimum atomic E-state index is -3.14. The molecule has 1 N–H and O–H groups in total. The van der Waals surface area contributed by atoms with Gasteiger partial charge in [-0.05, 0) is 36.4 Å². The van der Waals surface area contributed by atoms with E-state index in [9.17, 15) is 13.2 Å². The smallest absolute Gasteiger partial charge is 0.225 e. The maximum atomic E-state index is 11.8. The Morgan fingerprint density at radius 2 is 1.83 bits per heavy atom. The van der Waals surface area contributed by atoms with Crippen molar-refractivity contribution in [1.82, 2.24) is 9.55 Å². The van der Waals surface area contributed by atoms with Gasteiger partial charge in [-0.25, -0.2) is 13.4 Å². The average molecular weight is 343 g/mol. The molecule has 0 aliphatic carbocycles. The fourth-order valence-corrected chi connectivity index (χ4v) is 2.93. The fraction of sp³-hybridized carbons (Fsp3) is 0.176. The molecule has 0 unspecified atom stereocenters. The monoisotopic (exact) mass is 343 g/mol. The molecule has 0 saturated heterocycles. The van der Waals surface area contributed by atoms with Crippen molar-refractivity contribution in [3.63, 3.8) is 0 Å². The third-order valence-corrected chi connectivity index (χ3v) is 4.53. The molecular weight excluding hydrogens is 326 g/mol. The number of carbonyl (C=O) groups excluding carboxylic acids is 1. The molecule has 0 radical (unpaired) electrons. The van der Waals surface area contributed by atoms with E-state index in [1.165, 1.54) is 0 Å². The molecule has 1 aromatic heterocycles. The minimum absolute atomic E-state index is 0.0489. The summed E-state index contributed by atoms with van der Waals surface area (Å²) in [5.41, 5.74) is 3.47. The van der Waals surface area contributed by atoms with E-state index in [0.29, 0.717) is 5.69 Å². The Bertz CT molecular complexity index is 976. The van der Waals surface area contributed by atoms with E-state index >= 15 is 0 Å². The van der Waals surface area contributed by atoms with Crippen molar-refractivity contribution in [3.8, 4) is 5.69 Å². The van der Waals surface area contributed by atoms with Crippen molar-refractivity contribution in [2.45, 2.75) is 6.42 Å². The van der Waals surface area contributed by atoms with Gasteiger partial charge in [0, 0.05) is 24.1 Å². The van der Waals surface area contributed by atoms with Gasteiger partial charge in [0.2, 0.25) is 5.91 Å². The predicted octanol–water partition coefficient (Wildman–Crippen LogP) is 2.40. The number of aromatic nitrogens is 2. The number of para-hydroxylation sites is 2. The summed E-state index contributed by atoms with van der Waals surface area (Å²) in [6.07, 6.45) is 2.82. The van der Waals surface area contributed by atoms with Crippen LogP contribution in [0.3, 0.4) is 0 Å². The number of imidazole rings is 1. The molecule has 124 valence electrons. The molecule has 24 heavy (non-hydrogen) atoms. The predicted molar refractivity (Wildman–Crippen MR) is 94.0 cm³/mol. The van der Waals surface area contributed by atoms with Crippen molar-refractivity contribution >= 4 is 32.5 Å². The zero-order chi connectivity index (χ0) is 17.2. The van der Waals surface area contributed by atoms with Crippen molar-refractivity contribution in [3.05, 3.63) is 54.9 Å². The summed E-state index contributed by atoms with van der Waals surface area (Å²) in [6.45, 7) is 0. The lowest BCUT2D eigenvalue weighted by molar-refractivity contribution is -0.115. The first-order valence-corrected chi connectivity index (χ1v) is 9.48. The second-order valence-corrected chi connectivity index (χ2v) is 7.84. The SMILES string of the molecule is CS(=O)(=O)CCC(=O)Nc1ccc(-n2cnc3ccccc32)cc1. The second-order valence-electron chi connectivity index (χ2n) is 5.58. The number of nitrogens with zero attached hydrogens (tertiary/aromatic N) is 2. The molecular formula is C17H17N3O3S. The number of carbonyl (C=O) groups is 1. The highest BCUT2D eigenvalue weighted by Crippen LogP contribution is 2.19. The highest BCUT2D eigenvalue weighted by atomic mass is 32.2. The number of amides is 1. The normalized spacial score (nSPS) is 11.5. The van der Waals surface area contributed by atoms with Gasteiger partial charge in [-0.3, -0.25) is 9.36 Å². The Hall–Kier alpha value is -2.67. The van der Waals surface area contributed by atoms with Crippen LogP contribution < -0.4 is 5.32 Å². The van der Waals surface area contributed by atoms with Gasteiger partial charge in [0.1, 0.15) is 16.2 Å². The molecule has 1 heterocycles. The third kappa shape index (κ3) is 3.80. The van der Waals surface area contributed by atoms with E-state index in [1.54, 1.807) is 18.5 Å². The minimum Gasteiger partial charge on any atom is -0.326 e. The molecule has 0 saturated carbocycles. The van der Waals surface area contributed by atoms with Crippen LogP contribution in [0, 0.1) is 0 Å². The number of rotatable bonds is 5. The molecule has 0 spiro atoms. The molecule has 0 atom stereocenters. The number of fused-ring (bicyclic) bond motifs is 1. The zero-order valence-electron chi connectivity index (χ0n) is 13.1. The number of sulfone groups is 1. The van der Waals surface area contributed by atoms with E-state index < -0.39 is 9.84 Å². The summed E-state index contributed by atoms with van der Waals surface area (Å²) in [6, 6.07) is 15.1. The quantitative estimate of drug-likeness (QED) is 0.771. The number of benzene rings is 2. The number of hydrogen-bond acceptors (Lipinski definition) is 4.